The van der Waals surface area contributed by atoms with Crippen molar-refractivity contribution in [3.05, 3.63) is 33.9 Å². The molecule has 10 nitrogen and oxygen atoms in total. The average Bonchev–Trinajstić information content (AvgIpc) is 2.66. The molecule has 162 valence electrons. The fourth-order valence-corrected chi connectivity index (χ4v) is 4.53. The molecule has 0 radical (unpaired) electrons. The van der Waals surface area contributed by atoms with E-state index in [2.05, 4.69) is 10.2 Å². The first-order valence-electron chi connectivity index (χ1n) is 9.47. The molecule has 1 heterocycles. The Morgan fingerprint density at radius 2 is 2.03 bits per heavy atom. The fourth-order valence-electron chi connectivity index (χ4n) is 3.26. The molecule has 0 bridgehead atoms. The molecule has 1 atom stereocenters. The summed E-state index contributed by atoms with van der Waals surface area (Å²) in [7, 11) is -3.86. The minimum absolute atomic E-state index is 0.136. The van der Waals surface area contributed by atoms with Gasteiger partial charge < -0.3 is 10.1 Å². The second-order valence-electron chi connectivity index (χ2n) is 6.96. The number of nitro groups is 1. The molecule has 1 aromatic rings. The second-order valence-corrected chi connectivity index (χ2v) is 8.82. The van der Waals surface area contributed by atoms with E-state index >= 15 is 0 Å². The van der Waals surface area contributed by atoms with Gasteiger partial charge in [0.2, 0.25) is 15.9 Å². The number of nitro benzene ring substituents is 1. The van der Waals surface area contributed by atoms with E-state index in [-0.39, 0.29) is 17.8 Å². The molecule has 29 heavy (non-hydrogen) atoms. The Morgan fingerprint density at radius 3 is 2.59 bits per heavy atom. The summed E-state index contributed by atoms with van der Waals surface area (Å²) < 4.78 is 31.4. The quantitative estimate of drug-likeness (QED) is 0.458. The smallest absolute Gasteiger partial charge is 0.271 e. The normalized spacial score (nSPS) is 16.2. The number of benzene rings is 1. The molecule has 11 heteroatoms. The van der Waals surface area contributed by atoms with Crippen LogP contribution < -0.4 is 9.62 Å². The summed E-state index contributed by atoms with van der Waals surface area (Å²) in [5.74, 6) is -0.433. The lowest BCUT2D eigenvalue weighted by atomic mass is 10.1. The van der Waals surface area contributed by atoms with Crippen molar-refractivity contribution in [2.24, 2.45) is 0 Å². The number of nitrogens with zero attached hydrogens (tertiary/aromatic N) is 3. The first kappa shape index (κ1) is 23.0. The zero-order valence-corrected chi connectivity index (χ0v) is 17.8. The lowest BCUT2D eigenvalue weighted by Gasteiger charge is -2.31. The maximum atomic E-state index is 12.8. The largest absolute Gasteiger partial charge is 0.379 e. The van der Waals surface area contributed by atoms with E-state index < -0.39 is 26.9 Å². The molecule has 0 saturated carbocycles. The third-order valence-corrected chi connectivity index (χ3v) is 5.97. The summed E-state index contributed by atoms with van der Waals surface area (Å²) in [6.45, 7) is 7.25. The van der Waals surface area contributed by atoms with Crippen molar-refractivity contribution in [1.82, 2.24) is 10.2 Å². The topological polar surface area (TPSA) is 122 Å². The third kappa shape index (κ3) is 6.12. The molecule has 1 N–H and O–H groups in total. The maximum absolute atomic E-state index is 12.8. The number of morpholine rings is 1. The van der Waals surface area contributed by atoms with Gasteiger partial charge in [0, 0.05) is 38.3 Å². The highest BCUT2D eigenvalue weighted by molar-refractivity contribution is 7.92. The first-order valence-corrected chi connectivity index (χ1v) is 11.3. The van der Waals surface area contributed by atoms with E-state index in [1.54, 1.807) is 13.8 Å². The van der Waals surface area contributed by atoms with Gasteiger partial charge in [-0.3, -0.25) is 24.1 Å². The lowest BCUT2D eigenvalue weighted by molar-refractivity contribution is -0.384. The third-order valence-electron chi connectivity index (χ3n) is 4.80. The van der Waals surface area contributed by atoms with E-state index in [9.17, 15) is 23.3 Å². The van der Waals surface area contributed by atoms with Crippen LogP contribution in [0.15, 0.2) is 18.2 Å². The highest BCUT2D eigenvalue weighted by atomic mass is 32.2. The van der Waals surface area contributed by atoms with Crippen LogP contribution in [-0.2, 0) is 19.6 Å². The number of ether oxygens (including phenoxy) is 1. The average molecular weight is 429 g/mol. The molecule has 1 aliphatic heterocycles. The van der Waals surface area contributed by atoms with Gasteiger partial charge in [0.25, 0.3) is 5.69 Å². The van der Waals surface area contributed by atoms with Gasteiger partial charge in [-0.05, 0) is 18.9 Å². The van der Waals surface area contributed by atoms with Crippen LogP contribution >= 0.6 is 0 Å². The summed E-state index contributed by atoms with van der Waals surface area (Å²) in [5, 5.41) is 13.9. The summed E-state index contributed by atoms with van der Waals surface area (Å²) in [4.78, 5) is 25.5. The number of carbonyl (C=O) groups is 1. The lowest BCUT2D eigenvalue weighted by Crippen LogP contribution is -2.51. The molecule has 1 aromatic carbocycles. The van der Waals surface area contributed by atoms with Crippen LogP contribution in [0.3, 0.4) is 0 Å². The van der Waals surface area contributed by atoms with Crippen molar-refractivity contribution < 1.29 is 22.9 Å². The zero-order chi connectivity index (χ0) is 21.6. The van der Waals surface area contributed by atoms with E-state index in [4.69, 9.17) is 4.74 Å². The number of amides is 1. The first-order chi connectivity index (χ1) is 13.6. The van der Waals surface area contributed by atoms with Crippen molar-refractivity contribution in [2.75, 3.05) is 50.0 Å². The minimum Gasteiger partial charge on any atom is -0.379 e. The molecular weight excluding hydrogens is 400 g/mol. The number of anilines is 1. The van der Waals surface area contributed by atoms with Crippen LogP contribution in [0, 0.1) is 17.0 Å². The number of rotatable bonds is 9. The van der Waals surface area contributed by atoms with Crippen LogP contribution in [0.2, 0.25) is 0 Å². The molecular formula is C18H28N4O6S. The fraction of sp³-hybridized carbons (Fsp3) is 0.611. The summed E-state index contributed by atoms with van der Waals surface area (Å²) in [6.07, 6.45) is 1.22. The van der Waals surface area contributed by atoms with E-state index in [1.807, 2.05) is 0 Å². The molecule has 0 aliphatic carbocycles. The van der Waals surface area contributed by atoms with Crippen LogP contribution in [-0.4, -0.2) is 75.8 Å². The SMILES string of the molecule is CCC(C(=O)NCCN1CCOCC1)N(c1cc([N+](=O)[O-])ccc1C)S(C)(=O)=O. The predicted octanol–water partition coefficient (Wildman–Crippen LogP) is 0.896. The summed E-state index contributed by atoms with van der Waals surface area (Å²) in [6, 6.07) is 2.98. The van der Waals surface area contributed by atoms with E-state index in [0.29, 0.717) is 31.9 Å². The monoisotopic (exact) mass is 428 g/mol. The van der Waals surface area contributed by atoms with Crippen LogP contribution in [0.1, 0.15) is 18.9 Å². The predicted molar refractivity (Wildman–Crippen MR) is 110 cm³/mol. The molecule has 1 amide bonds. The Bertz CT molecular complexity index is 839. The number of non-ortho nitro benzene ring substituents is 1. The van der Waals surface area contributed by atoms with Gasteiger partial charge in [-0.1, -0.05) is 13.0 Å². The van der Waals surface area contributed by atoms with E-state index in [1.165, 1.54) is 18.2 Å². The van der Waals surface area contributed by atoms with Gasteiger partial charge in [-0.15, -0.1) is 0 Å². The molecule has 2 rings (SSSR count). The Labute approximate surface area is 171 Å². The Kier molecular flexibility index (Phi) is 7.94. The van der Waals surface area contributed by atoms with Gasteiger partial charge in [-0.25, -0.2) is 8.42 Å². The number of hydrogen-bond donors (Lipinski definition) is 1. The number of sulfonamides is 1. The van der Waals surface area contributed by atoms with E-state index in [0.717, 1.165) is 23.7 Å². The van der Waals surface area contributed by atoms with Crippen molar-refractivity contribution in [3.8, 4) is 0 Å². The van der Waals surface area contributed by atoms with Crippen LogP contribution in [0.4, 0.5) is 11.4 Å². The number of aryl methyl sites for hydroxylation is 1. The van der Waals surface area contributed by atoms with Gasteiger partial charge in [0.15, 0.2) is 0 Å². The zero-order valence-electron chi connectivity index (χ0n) is 17.0. The van der Waals surface area contributed by atoms with Gasteiger partial charge >= 0.3 is 0 Å². The Balaban J connectivity index is 2.22. The molecule has 1 saturated heterocycles. The van der Waals surface area contributed by atoms with Crippen LogP contribution in [0.25, 0.3) is 0 Å². The standard InChI is InChI=1S/C18H28N4O6S/c1-4-16(18(23)19-7-8-20-9-11-28-12-10-20)21(29(3,26)27)17-13-15(22(24)25)6-5-14(17)2/h5-6,13,16H,4,7-12H2,1-3H3,(H,19,23). The molecule has 1 fully saturated rings. The number of nitrogens with one attached hydrogen (secondary N) is 1. The highest BCUT2D eigenvalue weighted by Gasteiger charge is 2.33. The number of hydrogen-bond acceptors (Lipinski definition) is 7. The Morgan fingerprint density at radius 1 is 1.38 bits per heavy atom. The van der Waals surface area contributed by atoms with Crippen molar-refractivity contribution in [2.45, 2.75) is 26.3 Å². The molecule has 0 spiro atoms. The van der Waals surface area contributed by atoms with Crippen molar-refractivity contribution >= 4 is 27.3 Å². The highest BCUT2D eigenvalue weighted by Crippen LogP contribution is 2.30. The van der Waals surface area contributed by atoms with Crippen molar-refractivity contribution in [3.63, 3.8) is 0 Å². The van der Waals surface area contributed by atoms with Crippen molar-refractivity contribution in [1.29, 1.82) is 0 Å². The van der Waals surface area contributed by atoms with Gasteiger partial charge in [0.05, 0.1) is 30.1 Å². The van der Waals surface area contributed by atoms with Gasteiger partial charge in [-0.2, -0.15) is 0 Å². The summed E-state index contributed by atoms with van der Waals surface area (Å²) in [5.41, 5.74) is 0.430. The molecule has 1 unspecified atom stereocenters. The molecule has 0 aromatic heterocycles. The maximum Gasteiger partial charge on any atom is 0.271 e. The summed E-state index contributed by atoms with van der Waals surface area (Å²) >= 11 is 0. The van der Waals surface area contributed by atoms with Gasteiger partial charge in [0.1, 0.15) is 6.04 Å². The van der Waals surface area contributed by atoms with Crippen LogP contribution in [0.5, 0.6) is 0 Å². The Hall–Kier alpha value is -2.24. The minimum atomic E-state index is -3.86. The second kappa shape index (κ2) is 9.99. The number of carbonyl (C=O) groups excluding carboxylic acids is 1. The molecule has 1 aliphatic rings.